The van der Waals surface area contributed by atoms with Crippen LogP contribution in [0.5, 0.6) is 0 Å². The van der Waals surface area contributed by atoms with E-state index in [0.717, 1.165) is 11.3 Å². The minimum atomic E-state index is -3.58. The van der Waals surface area contributed by atoms with Gasteiger partial charge in [-0.05, 0) is 34.7 Å². The third kappa shape index (κ3) is 6.35. The van der Waals surface area contributed by atoms with Crippen molar-refractivity contribution in [3.05, 3.63) is 63.3 Å². The number of thiophene rings is 1. The van der Waals surface area contributed by atoms with E-state index in [9.17, 15) is 18.0 Å². The van der Waals surface area contributed by atoms with Gasteiger partial charge in [-0.25, -0.2) is 13.1 Å². The van der Waals surface area contributed by atoms with E-state index in [1.807, 2.05) is 0 Å². The van der Waals surface area contributed by atoms with Crippen molar-refractivity contribution in [2.45, 2.75) is 23.2 Å². The van der Waals surface area contributed by atoms with Gasteiger partial charge in [-0.2, -0.15) is 0 Å². The Kier molecular flexibility index (Phi) is 7.52. The number of hydrogen-bond acceptors (Lipinski definition) is 6. The van der Waals surface area contributed by atoms with E-state index >= 15 is 0 Å². The van der Waals surface area contributed by atoms with Crippen molar-refractivity contribution in [2.75, 3.05) is 6.54 Å². The van der Waals surface area contributed by atoms with Crippen LogP contribution in [-0.2, 0) is 21.4 Å². The molecule has 0 aliphatic carbocycles. The van der Waals surface area contributed by atoms with Crippen molar-refractivity contribution in [2.24, 2.45) is 5.11 Å². The second kappa shape index (κ2) is 9.85. The van der Waals surface area contributed by atoms with Crippen LogP contribution in [0, 0.1) is 0 Å². The molecule has 0 saturated carbocycles. The predicted molar refractivity (Wildman–Crippen MR) is 102 cm³/mol. The molecule has 28 heavy (non-hydrogen) atoms. The summed E-state index contributed by atoms with van der Waals surface area (Å²) in [6.45, 7) is -0.127. The SMILES string of the molecule is [N-]=[N+]=NC[C@H](CC(=O)O)NC(=O)c1ccc(CNS(=O)(=O)c2cccs2)cc1. The molecule has 0 aliphatic rings. The summed E-state index contributed by atoms with van der Waals surface area (Å²) in [5.74, 6) is -1.66. The van der Waals surface area contributed by atoms with Gasteiger partial charge in [-0.15, -0.1) is 11.3 Å². The average molecular weight is 423 g/mol. The Bertz CT molecular complexity index is 963. The fourth-order valence-electron chi connectivity index (χ4n) is 2.22. The average Bonchev–Trinajstić information content (AvgIpc) is 3.20. The van der Waals surface area contributed by atoms with Gasteiger partial charge in [-0.1, -0.05) is 23.3 Å². The predicted octanol–water partition coefficient (Wildman–Crippen LogP) is 2.11. The van der Waals surface area contributed by atoms with E-state index in [2.05, 4.69) is 20.1 Å². The van der Waals surface area contributed by atoms with Crippen molar-refractivity contribution in [3.63, 3.8) is 0 Å². The normalized spacial score (nSPS) is 12.0. The van der Waals surface area contributed by atoms with Gasteiger partial charge in [0.05, 0.1) is 6.42 Å². The second-order valence-electron chi connectivity index (χ2n) is 5.64. The van der Waals surface area contributed by atoms with Crippen molar-refractivity contribution < 1.29 is 23.1 Å². The lowest BCUT2D eigenvalue weighted by Crippen LogP contribution is -2.38. The number of carboxylic acid groups (broad SMARTS) is 1. The Morgan fingerprint density at radius 1 is 1.25 bits per heavy atom. The van der Waals surface area contributed by atoms with Crippen LogP contribution in [0.15, 0.2) is 51.1 Å². The summed E-state index contributed by atoms with van der Waals surface area (Å²) < 4.78 is 26.9. The molecule has 2 aromatic rings. The van der Waals surface area contributed by atoms with Crippen LogP contribution >= 0.6 is 11.3 Å². The minimum Gasteiger partial charge on any atom is -0.481 e. The molecule has 12 heteroatoms. The lowest BCUT2D eigenvalue weighted by atomic mass is 10.1. The molecule has 1 atom stereocenters. The lowest BCUT2D eigenvalue weighted by Gasteiger charge is -2.14. The Labute approximate surface area is 164 Å². The fraction of sp³-hybridized carbons (Fsp3) is 0.250. The van der Waals surface area contributed by atoms with Gasteiger partial charge in [0, 0.05) is 29.6 Å². The number of carboxylic acids is 1. The molecule has 3 N–H and O–H groups in total. The maximum Gasteiger partial charge on any atom is 0.305 e. The van der Waals surface area contributed by atoms with Gasteiger partial charge >= 0.3 is 5.97 Å². The summed E-state index contributed by atoms with van der Waals surface area (Å²) in [6.07, 6.45) is -0.382. The fourth-order valence-corrected chi connectivity index (χ4v) is 4.27. The number of rotatable bonds is 10. The highest BCUT2D eigenvalue weighted by Gasteiger charge is 2.17. The van der Waals surface area contributed by atoms with E-state index in [0.29, 0.717) is 5.56 Å². The molecule has 1 amide bonds. The third-order valence-electron chi connectivity index (χ3n) is 3.56. The van der Waals surface area contributed by atoms with Crippen LogP contribution in [-0.4, -0.2) is 38.0 Å². The van der Waals surface area contributed by atoms with Crippen LogP contribution in [0.3, 0.4) is 0 Å². The summed E-state index contributed by atoms with van der Waals surface area (Å²) in [5.41, 5.74) is 9.26. The Morgan fingerprint density at radius 2 is 1.96 bits per heavy atom. The second-order valence-corrected chi connectivity index (χ2v) is 8.58. The van der Waals surface area contributed by atoms with Crippen molar-refractivity contribution >= 4 is 33.2 Å². The molecule has 0 spiro atoms. The van der Waals surface area contributed by atoms with E-state index in [-0.39, 0.29) is 29.3 Å². The van der Waals surface area contributed by atoms with Crippen molar-refractivity contribution in [3.8, 4) is 0 Å². The molecule has 10 nitrogen and oxygen atoms in total. The quantitative estimate of drug-likeness (QED) is 0.302. The highest BCUT2D eigenvalue weighted by Crippen LogP contribution is 2.16. The van der Waals surface area contributed by atoms with Gasteiger partial charge in [0.15, 0.2) is 0 Å². The lowest BCUT2D eigenvalue weighted by molar-refractivity contribution is -0.137. The zero-order valence-corrected chi connectivity index (χ0v) is 16.1. The first kappa shape index (κ1) is 21.4. The first-order valence-corrected chi connectivity index (χ1v) is 10.3. The highest BCUT2D eigenvalue weighted by atomic mass is 32.2. The van der Waals surface area contributed by atoms with Crippen LogP contribution < -0.4 is 10.0 Å². The molecule has 2 rings (SSSR count). The number of azide groups is 1. The van der Waals surface area contributed by atoms with Crippen LogP contribution in [0.2, 0.25) is 0 Å². The molecular formula is C16H17N5O5S2. The van der Waals surface area contributed by atoms with Crippen LogP contribution in [0.25, 0.3) is 10.4 Å². The monoisotopic (exact) mass is 423 g/mol. The van der Waals surface area contributed by atoms with E-state index in [4.69, 9.17) is 10.6 Å². The molecular weight excluding hydrogens is 406 g/mol. The van der Waals surface area contributed by atoms with Crippen molar-refractivity contribution in [1.29, 1.82) is 0 Å². The number of nitrogens with one attached hydrogen (secondary N) is 2. The van der Waals surface area contributed by atoms with Gasteiger partial charge in [-0.3, -0.25) is 9.59 Å². The summed E-state index contributed by atoms with van der Waals surface area (Å²) in [5, 5.41) is 16.3. The molecule has 0 unspecified atom stereocenters. The largest absolute Gasteiger partial charge is 0.481 e. The summed E-state index contributed by atoms with van der Waals surface area (Å²) in [4.78, 5) is 25.6. The number of carbonyl (C=O) groups is 2. The number of benzene rings is 1. The molecule has 148 valence electrons. The molecule has 0 fully saturated rings. The first-order chi connectivity index (χ1) is 13.3. The summed E-state index contributed by atoms with van der Waals surface area (Å²) in [6, 6.07) is 8.48. The zero-order valence-electron chi connectivity index (χ0n) is 14.5. The van der Waals surface area contributed by atoms with Gasteiger partial charge < -0.3 is 10.4 Å². The number of nitrogens with zero attached hydrogens (tertiary/aromatic N) is 3. The third-order valence-corrected chi connectivity index (χ3v) is 6.36. The van der Waals surface area contributed by atoms with Gasteiger partial charge in [0.1, 0.15) is 4.21 Å². The Balaban J connectivity index is 1.97. The van der Waals surface area contributed by atoms with Crippen LogP contribution in [0.4, 0.5) is 0 Å². The van der Waals surface area contributed by atoms with E-state index < -0.39 is 27.9 Å². The zero-order chi connectivity index (χ0) is 20.6. The molecule has 0 radical (unpaired) electrons. The van der Waals surface area contributed by atoms with E-state index in [1.165, 1.54) is 18.2 Å². The van der Waals surface area contributed by atoms with Crippen LogP contribution in [0.1, 0.15) is 22.3 Å². The molecule has 0 bridgehead atoms. The topological polar surface area (TPSA) is 161 Å². The molecule has 0 aliphatic heterocycles. The number of amides is 1. The first-order valence-electron chi connectivity index (χ1n) is 7.97. The van der Waals surface area contributed by atoms with Gasteiger partial charge in [0.2, 0.25) is 10.0 Å². The number of carbonyl (C=O) groups excluding carboxylic acids is 1. The molecule has 0 saturated heterocycles. The number of aliphatic carboxylic acids is 1. The smallest absolute Gasteiger partial charge is 0.305 e. The highest BCUT2D eigenvalue weighted by molar-refractivity contribution is 7.91. The standard InChI is InChI=1S/C16H17N5O5S2/c17-21-18-10-13(8-14(22)23)20-16(24)12-5-3-11(4-6-12)9-19-28(25,26)15-2-1-7-27-15/h1-7,13,19H,8-10H2,(H,20,24)(H,22,23)/t13-/m0/s1. The maximum absolute atomic E-state index is 12.2. The van der Waals surface area contributed by atoms with Crippen molar-refractivity contribution in [1.82, 2.24) is 10.0 Å². The number of hydrogen-bond donors (Lipinski definition) is 3. The number of sulfonamides is 1. The minimum absolute atomic E-state index is 0.0562. The summed E-state index contributed by atoms with van der Waals surface area (Å²) in [7, 11) is -3.58. The molecule has 1 aromatic heterocycles. The van der Waals surface area contributed by atoms with E-state index in [1.54, 1.807) is 23.6 Å². The maximum atomic E-state index is 12.2. The molecule has 1 heterocycles. The Hall–Kier alpha value is -2.92. The Morgan fingerprint density at radius 3 is 2.54 bits per heavy atom. The summed E-state index contributed by atoms with van der Waals surface area (Å²) >= 11 is 1.11. The van der Waals surface area contributed by atoms with Gasteiger partial charge in [0.25, 0.3) is 5.91 Å². The molecule has 1 aromatic carbocycles.